The Morgan fingerprint density at radius 2 is 2.00 bits per heavy atom. The number of hydrogen-bond acceptors (Lipinski definition) is 3. The lowest BCUT2D eigenvalue weighted by Crippen LogP contribution is -2.34. The summed E-state index contributed by atoms with van der Waals surface area (Å²) in [6.45, 7) is 3.92. The molecule has 0 aliphatic rings. The van der Waals surface area contributed by atoms with Crippen LogP contribution in [0.15, 0.2) is 40.2 Å². The predicted molar refractivity (Wildman–Crippen MR) is 103 cm³/mol. The van der Waals surface area contributed by atoms with Crippen LogP contribution in [-0.4, -0.2) is 30.3 Å². The smallest absolute Gasteiger partial charge is 0.246 e. The zero-order valence-electron chi connectivity index (χ0n) is 13.8. The second kappa shape index (κ2) is 8.26. The quantitative estimate of drug-likeness (QED) is 0.754. The molecule has 126 valence electrons. The van der Waals surface area contributed by atoms with Crippen molar-refractivity contribution < 1.29 is 9.59 Å². The first kappa shape index (κ1) is 18.4. The van der Waals surface area contributed by atoms with E-state index in [1.165, 1.54) is 11.0 Å². The summed E-state index contributed by atoms with van der Waals surface area (Å²) >= 11 is 4.97. The molecule has 0 atom stereocenters. The van der Waals surface area contributed by atoms with Gasteiger partial charge < -0.3 is 10.2 Å². The van der Waals surface area contributed by atoms with E-state index in [1.54, 1.807) is 24.5 Å². The monoisotopic (exact) mass is 406 g/mol. The van der Waals surface area contributed by atoms with Gasteiger partial charge in [-0.1, -0.05) is 15.9 Å². The van der Waals surface area contributed by atoms with Gasteiger partial charge in [0.15, 0.2) is 0 Å². The van der Waals surface area contributed by atoms with Crippen LogP contribution < -0.4 is 5.32 Å². The van der Waals surface area contributed by atoms with Crippen LogP contribution in [0.25, 0.3) is 6.08 Å². The molecule has 1 aromatic carbocycles. The first-order valence-corrected chi connectivity index (χ1v) is 9.07. The van der Waals surface area contributed by atoms with Gasteiger partial charge in [0, 0.05) is 28.2 Å². The average Bonchev–Trinajstić information content (AvgIpc) is 2.92. The van der Waals surface area contributed by atoms with Gasteiger partial charge in [-0.3, -0.25) is 9.59 Å². The maximum Gasteiger partial charge on any atom is 0.246 e. The highest BCUT2D eigenvalue weighted by Gasteiger charge is 2.12. The molecule has 6 heteroatoms. The SMILES string of the molecule is Cc1cc(Br)ccc1NC(=O)CN(C)C(=O)/C=C/c1sccc1C. The number of carbonyl (C=O) groups is 2. The Hall–Kier alpha value is -1.92. The third-order valence-corrected chi connectivity index (χ3v) is 4.98. The zero-order chi connectivity index (χ0) is 17.7. The van der Waals surface area contributed by atoms with Crippen molar-refractivity contribution in [3.8, 4) is 0 Å². The number of benzene rings is 1. The van der Waals surface area contributed by atoms with E-state index >= 15 is 0 Å². The number of nitrogens with one attached hydrogen (secondary N) is 1. The van der Waals surface area contributed by atoms with E-state index in [0.29, 0.717) is 0 Å². The molecule has 0 radical (unpaired) electrons. The number of thiophene rings is 1. The van der Waals surface area contributed by atoms with E-state index in [-0.39, 0.29) is 18.4 Å². The second-order valence-corrected chi connectivity index (χ2v) is 7.37. The molecule has 2 rings (SSSR count). The molecule has 2 amide bonds. The topological polar surface area (TPSA) is 49.4 Å². The molecule has 24 heavy (non-hydrogen) atoms. The summed E-state index contributed by atoms with van der Waals surface area (Å²) in [6.07, 6.45) is 3.28. The molecule has 1 aromatic heterocycles. The normalized spacial score (nSPS) is 10.8. The van der Waals surface area contributed by atoms with Gasteiger partial charge in [0.05, 0.1) is 6.54 Å². The minimum Gasteiger partial charge on any atom is -0.333 e. The van der Waals surface area contributed by atoms with Gasteiger partial charge in [-0.05, 0) is 60.7 Å². The number of hydrogen-bond donors (Lipinski definition) is 1. The first-order chi connectivity index (χ1) is 11.4. The fourth-order valence-corrected chi connectivity index (χ4v) is 3.37. The van der Waals surface area contributed by atoms with Crippen molar-refractivity contribution in [2.75, 3.05) is 18.9 Å². The Morgan fingerprint density at radius 3 is 2.62 bits per heavy atom. The van der Waals surface area contributed by atoms with Gasteiger partial charge in [0.2, 0.25) is 11.8 Å². The molecule has 0 bridgehead atoms. The van der Waals surface area contributed by atoms with Crippen LogP contribution in [0, 0.1) is 13.8 Å². The maximum absolute atomic E-state index is 12.1. The molecule has 0 aliphatic heterocycles. The fraction of sp³-hybridized carbons (Fsp3) is 0.222. The molecule has 1 N–H and O–H groups in total. The van der Waals surface area contributed by atoms with Gasteiger partial charge in [0.25, 0.3) is 0 Å². The molecular formula is C18H19BrN2O2S. The highest BCUT2D eigenvalue weighted by Crippen LogP contribution is 2.20. The molecule has 4 nitrogen and oxygen atoms in total. The van der Waals surface area contributed by atoms with Crippen molar-refractivity contribution >= 4 is 50.8 Å². The average molecular weight is 407 g/mol. The fourth-order valence-electron chi connectivity index (χ4n) is 2.08. The molecule has 1 heterocycles. The van der Waals surface area contributed by atoms with Crippen molar-refractivity contribution in [3.05, 3.63) is 56.2 Å². The molecular weight excluding hydrogens is 388 g/mol. The van der Waals surface area contributed by atoms with E-state index < -0.39 is 0 Å². The third-order valence-electron chi connectivity index (χ3n) is 3.50. The molecule has 2 aromatic rings. The minimum atomic E-state index is -0.225. The summed E-state index contributed by atoms with van der Waals surface area (Å²) in [7, 11) is 1.61. The standard InChI is InChI=1S/C18H19BrN2O2S/c1-12-8-9-24-16(12)6-7-18(23)21(3)11-17(22)20-15-5-4-14(19)10-13(15)2/h4-10H,11H2,1-3H3,(H,20,22)/b7-6+. The Morgan fingerprint density at radius 1 is 1.25 bits per heavy atom. The van der Waals surface area contributed by atoms with E-state index in [1.807, 2.05) is 43.5 Å². The van der Waals surface area contributed by atoms with Crippen molar-refractivity contribution in [3.63, 3.8) is 0 Å². The lowest BCUT2D eigenvalue weighted by molar-refractivity contribution is -0.129. The summed E-state index contributed by atoms with van der Waals surface area (Å²) in [5.41, 5.74) is 2.84. The van der Waals surface area contributed by atoms with Gasteiger partial charge in [-0.2, -0.15) is 0 Å². The van der Waals surface area contributed by atoms with Crippen LogP contribution in [0.3, 0.4) is 0 Å². The van der Waals surface area contributed by atoms with Crippen molar-refractivity contribution in [1.82, 2.24) is 4.90 Å². The van der Waals surface area contributed by atoms with Crippen LogP contribution in [0.4, 0.5) is 5.69 Å². The van der Waals surface area contributed by atoms with Crippen molar-refractivity contribution in [2.24, 2.45) is 0 Å². The van der Waals surface area contributed by atoms with Crippen molar-refractivity contribution in [2.45, 2.75) is 13.8 Å². The van der Waals surface area contributed by atoms with Gasteiger partial charge >= 0.3 is 0 Å². The summed E-state index contributed by atoms with van der Waals surface area (Å²) in [5, 5.41) is 4.81. The lowest BCUT2D eigenvalue weighted by Gasteiger charge is -2.15. The van der Waals surface area contributed by atoms with Crippen LogP contribution in [0.2, 0.25) is 0 Å². The molecule has 0 saturated heterocycles. The number of nitrogens with zero attached hydrogens (tertiary/aromatic N) is 1. The van der Waals surface area contributed by atoms with E-state index in [9.17, 15) is 9.59 Å². The summed E-state index contributed by atoms with van der Waals surface area (Å²) in [6, 6.07) is 7.63. The maximum atomic E-state index is 12.1. The lowest BCUT2D eigenvalue weighted by atomic mass is 10.2. The Balaban J connectivity index is 1.92. The van der Waals surface area contributed by atoms with Gasteiger partial charge in [0.1, 0.15) is 0 Å². The van der Waals surface area contributed by atoms with Gasteiger partial charge in [-0.15, -0.1) is 11.3 Å². The number of aryl methyl sites for hydroxylation is 2. The summed E-state index contributed by atoms with van der Waals surface area (Å²) in [5.74, 6) is -0.428. The predicted octanol–water partition coefficient (Wildman–Crippen LogP) is 4.24. The number of carbonyl (C=O) groups excluding carboxylic acids is 2. The van der Waals surface area contributed by atoms with E-state index in [2.05, 4.69) is 21.2 Å². The Labute approximate surface area is 154 Å². The second-order valence-electron chi connectivity index (χ2n) is 5.50. The molecule has 0 spiro atoms. The number of likely N-dealkylation sites (N-methyl/N-ethyl adjacent to an activating group) is 1. The zero-order valence-corrected chi connectivity index (χ0v) is 16.2. The van der Waals surface area contributed by atoms with Crippen molar-refractivity contribution in [1.29, 1.82) is 0 Å². The summed E-state index contributed by atoms with van der Waals surface area (Å²) < 4.78 is 0.958. The molecule has 0 fully saturated rings. The molecule has 0 saturated carbocycles. The number of rotatable bonds is 5. The Kier molecular flexibility index (Phi) is 6.34. The van der Waals surface area contributed by atoms with Gasteiger partial charge in [-0.25, -0.2) is 0 Å². The van der Waals surface area contributed by atoms with Crippen LogP contribution >= 0.6 is 27.3 Å². The number of anilines is 1. The largest absolute Gasteiger partial charge is 0.333 e. The first-order valence-electron chi connectivity index (χ1n) is 7.40. The van der Waals surface area contributed by atoms with E-state index in [0.717, 1.165) is 26.2 Å². The number of amides is 2. The minimum absolute atomic E-state index is 0.00208. The molecule has 0 unspecified atom stereocenters. The summed E-state index contributed by atoms with van der Waals surface area (Å²) in [4.78, 5) is 26.7. The van der Waals surface area contributed by atoms with Crippen LogP contribution in [0.1, 0.15) is 16.0 Å². The van der Waals surface area contributed by atoms with Crippen LogP contribution in [0.5, 0.6) is 0 Å². The third kappa shape index (κ3) is 5.04. The Bertz CT molecular complexity index is 783. The number of halogens is 1. The highest BCUT2D eigenvalue weighted by molar-refractivity contribution is 9.10. The highest BCUT2D eigenvalue weighted by atomic mass is 79.9. The molecule has 0 aliphatic carbocycles. The van der Waals surface area contributed by atoms with Crippen LogP contribution in [-0.2, 0) is 9.59 Å². The van der Waals surface area contributed by atoms with E-state index in [4.69, 9.17) is 0 Å².